The van der Waals surface area contributed by atoms with Crippen molar-refractivity contribution in [1.29, 1.82) is 0 Å². The minimum Gasteiger partial charge on any atom is -0.371 e. The Morgan fingerprint density at radius 1 is 1.35 bits per heavy atom. The predicted octanol–water partition coefficient (Wildman–Crippen LogP) is 3.78. The number of nitrogens with two attached hydrogens (primary N) is 1. The summed E-state index contributed by atoms with van der Waals surface area (Å²) in [5.41, 5.74) is 8.08. The third-order valence-corrected chi connectivity index (χ3v) is 3.83. The fourth-order valence-corrected chi connectivity index (χ4v) is 2.51. The molecule has 0 aliphatic carbocycles. The minimum atomic E-state index is 0.594. The smallest absolute Gasteiger partial charge is 0.0510 e. The van der Waals surface area contributed by atoms with Crippen LogP contribution in [0.4, 0.5) is 5.69 Å². The van der Waals surface area contributed by atoms with Crippen molar-refractivity contribution in [2.75, 3.05) is 18.0 Å². The maximum atomic E-state index is 5.65. The molecule has 0 aliphatic rings. The molecular formula is C14H23BrN2. The van der Waals surface area contributed by atoms with Gasteiger partial charge in [-0.1, -0.05) is 26.3 Å². The fraction of sp³-hybridized carbons (Fsp3) is 0.571. The van der Waals surface area contributed by atoms with Crippen molar-refractivity contribution >= 4 is 21.6 Å². The summed E-state index contributed by atoms with van der Waals surface area (Å²) < 4.78 is 1.14. The molecule has 2 N–H and O–H groups in total. The first-order valence-corrected chi connectivity index (χ1v) is 7.15. The summed E-state index contributed by atoms with van der Waals surface area (Å²) in [6.45, 7) is 9.47. The van der Waals surface area contributed by atoms with Gasteiger partial charge in [0.25, 0.3) is 0 Å². The molecule has 0 spiro atoms. The molecule has 1 unspecified atom stereocenters. The Morgan fingerprint density at radius 3 is 2.53 bits per heavy atom. The largest absolute Gasteiger partial charge is 0.371 e. The highest BCUT2D eigenvalue weighted by Crippen LogP contribution is 2.28. The Bertz CT molecular complexity index is 352. The quantitative estimate of drug-likeness (QED) is 0.866. The van der Waals surface area contributed by atoms with Gasteiger partial charge >= 0.3 is 0 Å². The highest BCUT2D eigenvalue weighted by atomic mass is 79.9. The number of rotatable bonds is 6. The van der Waals surface area contributed by atoms with Gasteiger partial charge in [-0.05, 0) is 46.5 Å². The molecule has 1 aromatic carbocycles. The van der Waals surface area contributed by atoms with E-state index in [1.54, 1.807) is 0 Å². The second kappa shape index (κ2) is 7.02. The summed E-state index contributed by atoms with van der Waals surface area (Å²) >= 11 is 3.64. The molecule has 1 aromatic rings. The second-order valence-corrected chi connectivity index (χ2v) is 5.40. The Balaban J connectivity index is 2.88. The van der Waals surface area contributed by atoms with E-state index in [0.717, 1.165) is 23.5 Å². The lowest BCUT2D eigenvalue weighted by Crippen LogP contribution is -2.28. The molecule has 0 heterocycles. The maximum absolute atomic E-state index is 5.65. The van der Waals surface area contributed by atoms with Crippen LogP contribution in [0.1, 0.15) is 32.8 Å². The van der Waals surface area contributed by atoms with Crippen molar-refractivity contribution < 1.29 is 0 Å². The lowest BCUT2D eigenvalue weighted by molar-refractivity contribution is 0.547. The lowest BCUT2D eigenvalue weighted by atomic mass is 10.1. The van der Waals surface area contributed by atoms with Crippen molar-refractivity contribution in [1.82, 2.24) is 0 Å². The highest BCUT2D eigenvalue weighted by Gasteiger charge is 2.11. The van der Waals surface area contributed by atoms with Gasteiger partial charge in [0.1, 0.15) is 0 Å². The van der Waals surface area contributed by atoms with Crippen LogP contribution in [0, 0.1) is 5.92 Å². The van der Waals surface area contributed by atoms with Crippen LogP contribution >= 0.6 is 15.9 Å². The number of halogens is 1. The van der Waals surface area contributed by atoms with E-state index in [9.17, 15) is 0 Å². The zero-order chi connectivity index (χ0) is 12.8. The van der Waals surface area contributed by atoms with Gasteiger partial charge < -0.3 is 10.6 Å². The monoisotopic (exact) mass is 298 g/mol. The van der Waals surface area contributed by atoms with E-state index in [4.69, 9.17) is 5.73 Å². The Kier molecular flexibility index (Phi) is 6.00. The first-order chi connectivity index (χ1) is 8.12. The molecule has 96 valence electrons. The van der Waals surface area contributed by atoms with E-state index in [-0.39, 0.29) is 0 Å². The van der Waals surface area contributed by atoms with E-state index in [0.29, 0.717) is 6.54 Å². The Labute approximate surface area is 113 Å². The number of hydrogen-bond acceptors (Lipinski definition) is 2. The summed E-state index contributed by atoms with van der Waals surface area (Å²) in [6, 6.07) is 6.39. The Hall–Kier alpha value is -0.540. The summed E-state index contributed by atoms with van der Waals surface area (Å²) in [6.07, 6.45) is 1.22. The molecule has 0 saturated heterocycles. The van der Waals surface area contributed by atoms with Gasteiger partial charge in [0.05, 0.1) is 5.69 Å². The van der Waals surface area contributed by atoms with Crippen LogP contribution in [0.2, 0.25) is 0 Å². The average molecular weight is 299 g/mol. The minimum absolute atomic E-state index is 0.594. The molecule has 0 saturated carbocycles. The van der Waals surface area contributed by atoms with E-state index in [2.05, 4.69) is 59.8 Å². The standard InChI is InChI=1S/C14H23BrN2/c1-4-11(3)10-17(5-2)14-7-6-12(9-16)8-13(14)15/h6-8,11H,4-5,9-10,16H2,1-3H3. The fourth-order valence-electron chi connectivity index (χ4n) is 1.84. The Morgan fingerprint density at radius 2 is 2.06 bits per heavy atom. The third-order valence-electron chi connectivity index (χ3n) is 3.20. The molecule has 1 atom stereocenters. The van der Waals surface area contributed by atoms with Crippen LogP contribution in [0.25, 0.3) is 0 Å². The first-order valence-electron chi connectivity index (χ1n) is 6.35. The summed E-state index contributed by atoms with van der Waals surface area (Å²) in [4.78, 5) is 2.42. The van der Waals surface area contributed by atoms with Gasteiger partial charge in [0, 0.05) is 24.1 Å². The van der Waals surface area contributed by atoms with Crippen LogP contribution in [-0.4, -0.2) is 13.1 Å². The summed E-state index contributed by atoms with van der Waals surface area (Å²) in [5, 5.41) is 0. The van der Waals surface area contributed by atoms with Gasteiger partial charge in [-0.2, -0.15) is 0 Å². The van der Waals surface area contributed by atoms with E-state index in [1.165, 1.54) is 17.7 Å². The normalized spacial score (nSPS) is 12.5. The number of nitrogens with zero attached hydrogens (tertiary/aromatic N) is 1. The van der Waals surface area contributed by atoms with Crippen LogP contribution in [-0.2, 0) is 6.54 Å². The number of benzene rings is 1. The molecule has 0 bridgehead atoms. The summed E-state index contributed by atoms with van der Waals surface area (Å²) in [5.74, 6) is 0.719. The molecule has 0 amide bonds. The predicted molar refractivity (Wildman–Crippen MR) is 79.4 cm³/mol. The van der Waals surface area contributed by atoms with Crippen LogP contribution in [0.15, 0.2) is 22.7 Å². The van der Waals surface area contributed by atoms with Gasteiger partial charge in [0.15, 0.2) is 0 Å². The zero-order valence-electron chi connectivity index (χ0n) is 11.0. The van der Waals surface area contributed by atoms with Crippen molar-refractivity contribution in [2.45, 2.75) is 33.7 Å². The van der Waals surface area contributed by atoms with Crippen LogP contribution < -0.4 is 10.6 Å². The van der Waals surface area contributed by atoms with Gasteiger partial charge in [-0.3, -0.25) is 0 Å². The molecular weight excluding hydrogens is 276 g/mol. The third kappa shape index (κ3) is 4.00. The molecule has 3 heteroatoms. The molecule has 2 nitrogen and oxygen atoms in total. The number of hydrogen-bond donors (Lipinski definition) is 1. The van der Waals surface area contributed by atoms with Gasteiger partial charge in [0.2, 0.25) is 0 Å². The molecule has 1 rings (SSSR count). The van der Waals surface area contributed by atoms with Gasteiger partial charge in [-0.15, -0.1) is 0 Å². The molecule has 0 aromatic heterocycles. The van der Waals surface area contributed by atoms with Crippen LogP contribution in [0.3, 0.4) is 0 Å². The topological polar surface area (TPSA) is 29.3 Å². The van der Waals surface area contributed by atoms with Crippen molar-refractivity contribution in [3.8, 4) is 0 Å². The maximum Gasteiger partial charge on any atom is 0.0510 e. The number of anilines is 1. The lowest BCUT2D eigenvalue weighted by Gasteiger charge is -2.27. The first kappa shape index (κ1) is 14.5. The van der Waals surface area contributed by atoms with E-state index >= 15 is 0 Å². The second-order valence-electron chi connectivity index (χ2n) is 4.54. The molecule has 0 radical (unpaired) electrons. The SMILES string of the molecule is CCC(C)CN(CC)c1ccc(CN)cc1Br. The summed E-state index contributed by atoms with van der Waals surface area (Å²) in [7, 11) is 0. The average Bonchev–Trinajstić information content (AvgIpc) is 2.35. The zero-order valence-corrected chi connectivity index (χ0v) is 12.6. The molecule has 0 aliphatic heterocycles. The van der Waals surface area contributed by atoms with Crippen LogP contribution in [0.5, 0.6) is 0 Å². The van der Waals surface area contributed by atoms with E-state index < -0.39 is 0 Å². The molecule has 0 fully saturated rings. The molecule has 17 heavy (non-hydrogen) atoms. The van der Waals surface area contributed by atoms with Gasteiger partial charge in [-0.25, -0.2) is 0 Å². The van der Waals surface area contributed by atoms with E-state index in [1.807, 2.05) is 0 Å². The van der Waals surface area contributed by atoms with Crippen molar-refractivity contribution in [3.05, 3.63) is 28.2 Å². The van der Waals surface area contributed by atoms with Crippen molar-refractivity contribution in [3.63, 3.8) is 0 Å². The van der Waals surface area contributed by atoms with Crippen molar-refractivity contribution in [2.24, 2.45) is 11.7 Å². The highest BCUT2D eigenvalue weighted by molar-refractivity contribution is 9.10.